The van der Waals surface area contributed by atoms with E-state index in [2.05, 4.69) is 40.1 Å². The molecule has 0 fully saturated rings. The molecule has 96 valence electrons. The Morgan fingerprint density at radius 3 is 2.94 bits per heavy atom. The molecule has 0 aliphatic heterocycles. The lowest BCUT2D eigenvalue weighted by molar-refractivity contribution is 0.572. The molecule has 2 nitrogen and oxygen atoms in total. The molecule has 0 saturated heterocycles. The molecule has 0 amide bonds. The molecule has 0 spiro atoms. The Morgan fingerprint density at radius 1 is 1.50 bits per heavy atom. The van der Waals surface area contributed by atoms with Crippen LogP contribution in [0.1, 0.15) is 28.4 Å². The van der Waals surface area contributed by atoms with E-state index >= 15 is 0 Å². The highest BCUT2D eigenvalue weighted by Crippen LogP contribution is 2.23. The first kappa shape index (κ1) is 14.0. The molecule has 5 heteroatoms. The molecule has 0 saturated carbocycles. The molecule has 1 aromatic heterocycles. The zero-order chi connectivity index (χ0) is 13.1. The maximum absolute atomic E-state index is 6.16. The minimum absolute atomic E-state index is 0.235. The minimum atomic E-state index is 0.235. The number of thiazole rings is 1. The lowest BCUT2D eigenvalue weighted by atomic mass is 10.2. The summed E-state index contributed by atoms with van der Waals surface area (Å²) < 4.78 is 1.04. The van der Waals surface area contributed by atoms with E-state index in [1.807, 2.05) is 24.4 Å². The Bertz CT molecular complexity index is 542. The van der Waals surface area contributed by atoms with Gasteiger partial charge < -0.3 is 5.32 Å². The number of hydrogen-bond acceptors (Lipinski definition) is 3. The van der Waals surface area contributed by atoms with E-state index in [1.54, 1.807) is 11.3 Å². The van der Waals surface area contributed by atoms with Crippen LogP contribution >= 0.6 is 38.9 Å². The fourth-order valence-electron chi connectivity index (χ4n) is 1.60. The van der Waals surface area contributed by atoms with Crippen LogP contribution in [0.25, 0.3) is 0 Å². The summed E-state index contributed by atoms with van der Waals surface area (Å²) >= 11 is 11.3. The average molecular weight is 346 g/mol. The van der Waals surface area contributed by atoms with Gasteiger partial charge in [-0.15, -0.1) is 11.3 Å². The largest absolute Gasteiger partial charge is 0.304 e. The lowest BCUT2D eigenvalue weighted by Gasteiger charge is -2.12. The highest BCUT2D eigenvalue weighted by molar-refractivity contribution is 9.10. The van der Waals surface area contributed by atoms with Crippen molar-refractivity contribution in [3.63, 3.8) is 0 Å². The summed E-state index contributed by atoms with van der Waals surface area (Å²) in [4.78, 5) is 5.62. The SMILES string of the molecule is Cc1cnc(C(C)NCc2cc(Br)ccc2Cl)s1. The van der Waals surface area contributed by atoms with Crippen molar-refractivity contribution in [1.82, 2.24) is 10.3 Å². The highest BCUT2D eigenvalue weighted by Gasteiger charge is 2.09. The Balaban J connectivity index is 2.01. The normalized spacial score (nSPS) is 12.7. The van der Waals surface area contributed by atoms with E-state index < -0.39 is 0 Å². The smallest absolute Gasteiger partial charge is 0.109 e. The first-order valence-corrected chi connectivity index (χ1v) is 7.64. The van der Waals surface area contributed by atoms with Crippen LogP contribution in [0.5, 0.6) is 0 Å². The first-order chi connectivity index (χ1) is 8.56. The van der Waals surface area contributed by atoms with Gasteiger partial charge in [0.25, 0.3) is 0 Å². The van der Waals surface area contributed by atoms with Crippen LogP contribution in [0.2, 0.25) is 5.02 Å². The number of benzene rings is 1. The molecule has 1 unspecified atom stereocenters. The summed E-state index contributed by atoms with van der Waals surface area (Å²) in [6.45, 7) is 4.92. The molecule has 1 aromatic carbocycles. The van der Waals surface area contributed by atoms with Crippen molar-refractivity contribution in [1.29, 1.82) is 0 Å². The second kappa shape index (κ2) is 6.15. The van der Waals surface area contributed by atoms with Gasteiger partial charge in [0, 0.05) is 27.1 Å². The standard InChI is InChI=1S/C13H14BrClN2S/c1-8-6-17-13(18-8)9(2)16-7-10-5-11(14)3-4-12(10)15/h3-6,9,16H,7H2,1-2H3. The number of halogens is 2. The van der Waals surface area contributed by atoms with Crippen molar-refractivity contribution in [2.24, 2.45) is 0 Å². The molecule has 18 heavy (non-hydrogen) atoms. The van der Waals surface area contributed by atoms with E-state index in [-0.39, 0.29) is 6.04 Å². The van der Waals surface area contributed by atoms with Crippen LogP contribution in [-0.4, -0.2) is 4.98 Å². The van der Waals surface area contributed by atoms with Gasteiger partial charge in [-0.25, -0.2) is 4.98 Å². The molecule has 1 N–H and O–H groups in total. The molecular weight excluding hydrogens is 332 g/mol. The number of nitrogens with zero attached hydrogens (tertiary/aromatic N) is 1. The van der Waals surface area contributed by atoms with Crippen molar-refractivity contribution in [2.45, 2.75) is 26.4 Å². The summed E-state index contributed by atoms with van der Waals surface area (Å²) in [6, 6.07) is 6.12. The van der Waals surface area contributed by atoms with E-state index in [9.17, 15) is 0 Å². The van der Waals surface area contributed by atoms with Gasteiger partial charge in [-0.05, 0) is 37.6 Å². The summed E-state index contributed by atoms with van der Waals surface area (Å²) in [5.74, 6) is 0. The molecule has 2 aromatic rings. The highest BCUT2D eigenvalue weighted by atomic mass is 79.9. The summed E-state index contributed by atoms with van der Waals surface area (Å²) in [7, 11) is 0. The molecule has 0 aliphatic rings. The van der Waals surface area contributed by atoms with Crippen molar-refractivity contribution in [2.75, 3.05) is 0 Å². The fourth-order valence-corrected chi connectivity index (χ4v) is 3.00. The third kappa shape index (κ3) is 3.54. The number of rotatable bonds is 4. The lowest BCUT2D eigenvalue weighted by Crippen LogP contribution is -2.18. The predicted octanol–water partition coefficient (Wildman–Crippen LogP) is 4.72. The van der Waals surface area contributed by atoms with Crippen LogP contribution < -0.4 is 5.32 Å². The zero-order valence-corrected chi connectivity index (χ0v) is 13.4. The van der Waals surface area contributed by atoms with Gasteiger partial charge in [0.2, 0.25) is 0 Å². The molecule has 0 radical (unpaired) electrons. The van der Waals surface area contributed by atoms with Gasteiger partial charge in [0.15, 0.2) is 0 Å². The second-order valence-electron chi connectivity index (χ2n) is 4.15. The summed E-state index contributed by atoms with van der Waals surface area (Å²) in [5.41, 5.74) is 1.09. The van der Waals surface area contributed by atoms with E-state index in [4.69, 9.17) is 11.6 Å². The van der Waals surface area contributed by atoms with E-state index in [0.717, 1.165) is 26.6 Å². The van der Waals surface area contributed by atoms with Crippen LogP contribution in [0.4, 0.5) is 0 Å². The Labute approximate surface area is 125 Å². The first-order valence-electron chi connectivity index (χ1n) is 5.66. The molecular formula is C13H14BrClN2S. The number of nitrogens with one attached hydrogen (secondary N) is 1. The summed E-state index contributed by atoms with van der Waals surface area (Å²) in [5, 5.41) is 5.33. The topological polar surface area (TPSA) is 24.9 Å². The quantitative estimate of drug-likeness (QED) is 0.867. The molecule has 1 heterocycles. The maximum atomic E-state index is 6.16. The Hall–Kier alpha value is -0.420. The molecule has 0 aliphatic carbocycles. The third-order valence-corrected chi connectivity index (χ3v) is 4.57. The van der Waals surface area contributed by atoms with Gasteiger partial charge >= 0.3 is 0 Å². The monoisotopic (exact) mass is 344 g/mol. The molecule has 0 bridgehead atoms. The van der Waals surface area contributed by atoms with Gasteiger partial charge in [0.1, 0.15) is 5.01 Å². The molecule has 2 rings (SSSR count). The van der Waals surface area contributed by atoms with Crippen LogP contribution in [0, 0.1) is 6.92 Å². The predicted molar refractivity (Wildman–Crippen MR) is 81.3 cm³/mol. The van der Waals surface area contributed by atoms with Crippen molar-refractivity contribution < 1.29 is 0 Å². The van der Waals surface area contributed by atoms with Crippen molar-refractivity contribution >= 4 is 38.9 Å². The van der Waals surface area contributed by atoms with Gasteiger partial charge in [-0.1, -0.05) is 27.5 Å². The average Bonchev–Trinajstić information content (AvgIpc) is 2.77. The van der Waals surface area contributed by atoms with Crippen LogP contribution in [0.3, 0.4) is 0 Å². The molecule has 1 atom stereocenters. The Kier molecular flexibility index (Phi) is 4.78. The number of aryl methyl sites for hydroxylation is 1. The Morgan fingerprint density at radius 2 is 2.28 bits per heavy atom. The minimum Gasteiger partial charge on any atom is -0.304 e. The maximum Gasteiger partial charge on any atom is 0.109 e. The van der Waals surface area contributed by atoms with Crippen molar-refractivity contribution in [3.8, 4) is 0 Å². The van der Waals surface area contributed by atoms with Gasteiger partial charge in [-0.2, -0.15) is 0 Å². The fraction of sp³-hybridized carbons (Fsp3) is 0.308. The van der Waals surface area contributed by atoms with Crippen LogP contribution in [-0.2, 0) is 6.54 Å². The van der Waals surface area contributed by atoms with Gasteiger partial charge in [0.05, 0.1) is 6.04 Å². The third-order valence-electron chi connectivity index (χ3n) is 2.62. The second-order valence-corrected chi connectivity index (χ2v) is 6.74. The van der Waals surface area contributed by atoms with Gasteiger partial charge in [-0.3, -0.25) is 0 Å². The zero-order valence-electron chi connectivity index (χ0n) is 10.2. The van der Waals surface area contributed by atoms with E-state index in [1.165, 1.54) is 4.88 Å². The number of aromatic nitrogens is 1. The van der Waals surface area contributed by atoms with Crippen LogP contribution in [0.15, 0.2) is 28.9 Å². The summed E-state index contributed by atoms with van der Waals surface area (Å²) in [6.07, 6.45) is 1.91. The van der Waals surface area contributed by atoms with Crippen molar-refractivity contribution in [3.05, 3.63) is 49.3 Å². The number of hydrogen-bond donors (Lipinski definition) is 1. The van der Waals surface area contributed by atoms with E-state index in [0.29, 0.717) is 0 Å².